The number of terminal acetylenes is 1. The van der Waals surface area contributed by atoms with Gasteiger partial charge in [0.25, 0.3) is 0 Å². The van der Waals surface area contributed by atoms with Crippen LogP contribution in [-0.4, -0.2) is 7.85 Å². The van der Waals surface area contributed by atoms with Crippen molar-refractivity contribution >= 4 is 7.85 Å². The molecule has 0 spiro atoms. The molecule has 1 heteroatoms. The van der Waals surface area contributed by atoms with Crippen molar-refractivity contribution in [3.63, 3.8) is 0 Å². The van der Waals surface area contributed by atoms with E-state index in [1.807, 2.05) is 6.40 Å². The minimum Gasteiger partial charge on any atom is -0.121 e. The highest BCUT2D eigenvalue weighted by molar-refractivity contribution is 6.10. The summed E-state index contributed by atoms with van der Waals surface area (Å²) in [5, 5.41) is 0. The van der Waals surface area contributed by atoms with Crippen LogP contribution in [0.4, 0.5) is 0 Å². The van der Waals surface area contributed by atoms with Crippen LogP contribution < -0.4 is 0 Å². The standard InChI is InChI=1S/C3H3B/c1-2-3-4/h1H,3H2/i1D. The molecule has 0 aromatic heterocycles. The van der Waals surface area contributed by atoms with Gasteiger partial charge in [-0.1, -0.05) is 0 Å². The van der Waals surface area contributed by atoms with E-state index in [0.717, 1.165) is 0 Å². The molecular formula is C3H3B. The minimum atomic E-state index is 0.295. The molecule has 0 bridgehead atoms. The summed E-state index contributed by atoms with van der Waals surface area (Å²) >= 11 is 0. The van der Waals surface area contributed by atoms with Gasteiger partial charge in [0.1, 0.15) is 1.37 Å². The monoisotopic (exact) mass is 51.0 g/mol. The van der Waals surface area contributed by atoms with E-state index in [-0.39, 0.29) is 0 Å². The van der Waals surface area contributed by atoms with Crippen molar-refractivity contribution in [2.24, 2.45) is 0 Å². The number of hydrogen-bond donors (Lipinski definition) is 0. The third-order valence-electron chi connectivity index (χ3n) is 0.102. The van der Waals surface area contributed by atoms with Crippen molar-refractivity contribution in [1.29, 1.82) is 0 Å². The van der Waals surface area contributed by atoms with E-state index in [9.17, 15) is 0 Å². The van der Waals surface area contributed by atoms with Gasteiger partial charge in [0, 0.05) is 0 Å². The lowest BCUT2D eigenvalue weighted by Gasteiger charge is -1.52. The van der Waals surface area contributed by atoms with Crippen LogP contribution in [0.15, 0.2) is 0 Å². The molecule has 0 aromatic carbocycles. The molecule has 4 heavy (non-hydrogen) atoms. The maximum Gasteiger partial charge on any atom is 0.124 e. The predicted molar refractivity (Wildman–Crippen MR) is 19.4 cm³/mol. The van der Waals surface area contributed by atoms with E-state index >= 15 is 0 Å². The third-order valence-corrected chi connectivity index (χ3v) is 0.102. The Balaban J connectivity index is 2.81. The maximum atomic E-state index is 6.16. The summed E-state index contributed by atoms with van der Waals surface area (Å²) in [5.41, 5.74) is 0. The molecular weight excluding hydrogens is 46.8 g/mol. The van der Waals surface area contributed by atoms with Crippen molar-refractivity contribution in [2.45, 2.75) is 6.32 Å². The number of rotatable bonds is 0. The molecule has 0 saturated heterocycles. The lowest BCUT2D eigenvalue weighted by Crippen LogP contribution is -1.48. The molecule has 0 saturated carbocycles. The summed E-state index contributed by atoms with van der Waals surface area (Å²) in [4.78, 5) is 0. The molecule has 0 aliphatic heterocycles. The van der Waals surface area contributed by atoms with Crippen LogP contribution >= 0.6 is 0 Å². The van der Waals surface area contributed by atoms with Gasteiger partial charge < -0.3 is 0 Å². The van der Waals surface area contributed by atoms with Gasteiger partial charge in [0.05, 0.1) is 7.85 Å². The molecule has 0 rings (SSSR count). The molecule has 0 aliphatic carbocycles. The molecule has 0 unspecified atom stereocenters. The van der Waals surface area contributed by atoms with Crippen molar-refractivity contribution < 1.29 is 1.37 Å². The molecule has 0 aromatic rings. The van der Waals surface area contributed by atoms with Crippen LogP contribution in [0, 0.1) is 12.3 Å². The normalized spacial score (nSPS) is 6.50. The fourth-order valence-corrected chi connectivity index (χ4v) is 0. The Morgan fingerprint density at radius 1 is 2.50 bits per heavy atom. The third kappa shape index (κ3) is 1.62. The van der Waals surface area contributed by atoms with Crippen molar-refractivity contribution in [3.8, 4) is 12.3 Å². The van der Waals surface area contributed by atoms with Gasteiger partial charge >= 0.3 is 0 Å². The smallest absolute Gasteiger partial charge is 0.121 e. The molecule has 0 aliphatic rings. The molecule has 0 amide bonds. The predicted octanol–water partition coefficient (Wildman–Crippen LogP) is 0.206. The van der Waals surface area contributed by atoms with E-state index in [1.165, 1.54) is 0 Å². The second kappa shape index (κ2) is 2.62. The maximum absolute atomic E-state index is 6.16. The molecule has 0 nitrogen and oxygen atoms in total. The molecule has 2 radical (unpaired) electrons. The largest absolute Gasteiger partial charge is 0.124 e. The van der Waals surface area contributed by atoms with Gasteiger partial charge in [-0.2, -0.15) is 0 Å². The summed E-state index contributed by atoms with van der Waals surface area (Å²) in [6, 6.07) is 0. The first kappa shape index (κ1) is 1.90. The van der Waals surface area contributed by atoms with Crippen molar-refractivity contribution in [3.05, 3.63) is 0 Å². The first-order chi connectivity index (χ1) is 2.41. The molecule has 0 fully saturated rings. The van der Waals surface area contributed by atoms with Crippen LogP contribution in [0.25, 0.3) is 0 Å². The second-order valence-corrected chi connectivity index (χ2v) is 0.381. The Morgan fingerprint density at radius 2 is 3.25 bits per heavy atom. The number of hydrogen-bond acceptors (Lipinski definition) is 0. The van der Waals surface area contributed by atoms with Gasteiger partial charge in [-0.05, 0) is 6.32 Å². The zero-order chi connectivity index (χ0) is 4.12. The fraction of sp³-hybridized carbons (Fsp3) is 0.333. The zero-order valence-electron chi connectivity index (χ0n) is 3.28. The van der Waals surface area contributed by atoms with Gasteiger partial charge in [0.2, 0.25) is 0 Å². The lowest BCUT2D eigenvalue weighted by molar-refractivity contribution is 1.89. The summed E-state index contributed by atoms with van der Waals surface area (Å²) in [5.74, 6) is 2.31. The summed E-state index contributed by atoms with van der Waals surface area (Å²) < 4.78 is 6.16. The quantitative estimate of drug-likeness (QED) is 0.272. The SMILES string of the molecule is [2H]C#CC[B]. The highest BCUT2D eigenvalue weighted by Crippen LogP contribution is 1.52. The highest BCUT2D eigenvalue weighted by atomic mass is 13.3. The summed E-state index contributed by atoms with van der Waals surface area (Å²) in [7, 11) is 4.85. The van der Waals surface area contributed by atoms with Crippen LogP contribution in [0.2, 0.25) is 6.32 Å². The highest BCUT2D eigenvalue weighted by Gasteiger charge is 1.45. The van der Waals surface area contributed by atoms with Gasteiger partial charge in [-0.25, -0.2) is 0 Å². The average Bonchev–Trinajstić information content (AvgIpc) is 1.41. The van der Waals surface area contributed by atoms with Gasteiger partial charge in [-0.15, -0.1) is 12.3 Å². The second-order valence-electron chi connectivity index (χ2n) is 0.381. The van der Waals surface area contributed by atoms with E-state index in [4.69, 9.17) is 9.22 Å². The zero-order valence-corrected chi connectivity index (χ0v) is 2.28. The van der Waals surface area contributed by atoms with Crippen molar-refractivity contribution in [2.75, 3.05) is 0 Å². The Bertz CT molecular complexity index is 59.0. The minimum absolute atomic E-state index is 0.295. The van der Waals surface area contributed by atoms with Crippen LogP contribution in [0.1, 0.15) is 1.37 Å². The molecule has 0 heterocycles. The Morgan fingerprint density at radius 3 is 3.25 bits per heavy atom. The van der Waals surface area contributed by atoms with E-state index in [2.05, 4.69) is 5.92 Å². The Kier molecular flexibility index (Phi) is 1.25. The van der Waals surface area contributed by atoms with Crippen LogP contribution in [0.5, 0.6) is 0 Å². The lowest BCUT2D eigenvalue weighted by atomic mass is 10.1. The molecule has 18 valence electrons. The average molecular weight is 50.9 g/mol. The van der Waals surface area contributed by atoms with Gasteiger partial charge in [0.15, 0.2) is 0 Å². The molecule has 0 atom stereocenters. The topological polar surface area (TPSA) is 0 Å². The van der Waals surface area contributed by atoms with Crippen LogP contribution in [-0.2, 0) is 0 Å². The summed E-state index contributed by atoms with van der Waals surface area (Å²) in [6.45, 7) is 0. The van der Waals surface area contributed by atoms with Gasteiger partial charge in [-0.3, -0.25) is 0 Å². The van der Waals surface area contributed by atoms with Crippen LogP contribution in [0.3, 0.4) is 0 Å². The summed E-state index contributed by atoms with van der Waals surface area (Å²) in [6.07, 6.45) is 2.19. The van der Waals surface area contributed by atoms with E-state index in [0.29, 0.717) is 6.32 Å². The van der Waals surface area contributed by atoms with E-state index < -0.39 is 0 Å². The fourth-order valence-electron chi connectivity index (χ4n) is 0. The van der Waals surface area contributed by atoms with E-state index in [1.54, 1.807) is 0 Å². The molecule has 0 N–H and O–H groups in total. The van der Waals surface area contributed by atoms with Crippen molar-refractivity contribution in [1.82, 2.24) is 0 Å². The first-order valence-corrected chi connectivity index (χ1v) is 1.01. The Hall–Kier alpha value is -0.375. The Labute approximate surface area is 29.0 Å². The first-order valence-electron chi connectivity index (χ1n) is 1.51.